The van der Waals surface area contributed by atoms with Crippen molar-refractivity contribution in [3.8, 4) is 17.0 Å². The second kappa shape index (κ2) is 4.07. The Hall–Kier alpha value is -1.49. The van der Waals surface area contributed by atoms with Crippen LogP contribution in [0.2, 0.25) is 0 Å². The van der Waals surface area contributed by atoms with Crippen LogP contribution in [0.25, 0.3) is 11.3 Å². The molecule has 0 atom stereocenters. The maximum absolute atomic E-state index is 5.87. The topological polar surface area (TPSA) is 63.9 Å². The molecule has 1 aliphatic carbocycles. The van der Waals surface area contributed by atoms with Crippen LogP contribution in [0.1, 0.15) is 12.8 Å². The molecule has 0 aliphatic heterocycles. The maximum Gasteiger partial charge on any atom is 0.145 e. The lowest BCUT2D eigenvalue weighted by Gasteiger charge is -2.09. The summed E-state index contributed by atoms with van der Waals surface area (Å²) in [4.78, 5) is 0. The zero-order valence-electron chi connectivity index (χ0n) is 9.11. The highest BCUT2D eigenvalue weighted by atomic mass is 79.9. The van der Waals surface area contributed by atoms with Crippen molar-refractivity contribution < 1.29 is 4.74 Å². The Morgan fingerprint density at radius 1 is 1.35 bits per heavy atom. The molecule has 3 N–H and O–H groups in total. The van der Waals surface area contributed by atoms with Crippen molar-refractivity contribution >= 4 is 21.7 Å². The maximum atomic E-state index is 5.87. The van der Waals surface area contributed by atoms with Crippen LogP contribution in [0.4, 0.5) is 5.82 Å². The molecule has 0 spiro atoms. The van der Waals surface area contributed by atoms with Gasteiger partial charge in [-0.15, -0.1) is 0 Å². The second-order valence-corrected chi connectivity index (χ2v) is 5.08. The van der Waals surface area contributed by atoms with Gasteiger partial charge in [0.05, 0.1) is 11.8 Å². The fourth-order valence-corrected chi connectivity index (χ4v) is 2.02. The Morgan fingerprint density at radius 2 is 2.18 bits per heavy atom. The summed E-state index contributed by atoms with van der Waals surface area (Å²) in [6.07, 6.45) is 2.65. The number of nitrogens with one attached hydrogen (secondary N) is 1. The summed E-state index contributed by atoms with van der Waals surface area (Å²) in [5, 5.41) is 6.85. The number of hydrogen-bond donors (Lipinski definition) is 2. The van der Waals surface area contributed by atoms with Crippen molar-refractivity contribution in [3.63, 3.8) is 0 Å². The molecule has 0 saturated heterocycles. The zero-order chi connectivity index (χ0) is 11.8. The second-order valence-electron chi connectivity index (χ2n) is 4.16. The van der Waals surface area contributed by atoms with E-state index in [1.54, 1.807) is 0 Å². The first-order valence-corrected chi connectivity index (χ1v) is 6.29. The number of nitrogen functional groups attached to an aromatic ring is 1. The lowest BCUT2D eigenvalue weighted by Crippen LogP contribution is -1.97. The average Bonchev–Trinajstić information content (AvgIpc) is 3.01. The lowest BCUT2D eigenvalue weighted by atomic mass is 10.1. The third-order valence-corrected chi connectivity index (χ3v) is 3.14. The van der Waals surface area contributed by atoms with Gasteiger partial charge < -0.3 is 10.5 Å². The smallest absolute Gasteiger partial charge is 0.145 e. The summed E-state index contributed by atoms with van der Waals surface area (Å²) in [6.45, 7) is 0. The highest BCUT2D eigenvalue weighted by Crippen LogP contribution is 2.36. The highest BCUT2D eigenvalue weighted by molar-refractivity contribution is 9.10. The molecule has 0 radical (unpaired) electrons. The van der Waals surface area contributed by atoms with Crippen molar-refractivity contribution in [1.29, 1.82) is 0 Å². The minimum Gasteiger partial charge on any atom is -0.490 e. The first-order chi connectivity index (χ1) is 8.22. The van der Waals surface area contributed by atoms with Crippen molar-refractivity contribution in [2.45, 2.75) is 18.9 Å². The molecule has 1 aromatic carbocycles. The van der Waals surface area contributed by atoms with E-state index in [1.165, 1.54) is 0 Å². The summed E-state index contributed by atoms with van der Waals surface area (Å²) >= 11 is 3.46. The largest absolute Gasteiger partial charge is 0.490 e. The van der Waals surface area contributed by atoms with E-state index in [9.17, 15) is 0 Å². The van der Waals surface area contributed by atoms with Gasteiger partial charge in [-0.05, 0) is 31.0 Å². The first-order valence-electron chi connectivity index (χ1n) is 5.50. The Labute approximate surface area is 107 Å². The van der Waals surface area contributed by atoms with Gasteiger partial charge >= 0.3 is 0 Å². The van der Waals surface area contributed by atoms with Crippen LogP contribution in [-0.4, -0.2) is 16.3 Å². The molecule has 0 bridgehead atoms. The van der Waals surface area contributed by atoms with Gasteiger partial charge in [0.25, 0.3) is 0 Å². The fourth-order valence-electron chi connectivity index (χ4n) is 1.66. The number of aromatic amines is 1. The zero-order valence-corrected chi connectivity index (χ0v) is 10.7. The molecule has 17 heavy (non-hydrogen) atoms. The third-order valence-electron chi connectivity index (χ3n) is 2.65. The number of H-pyrrole nitrogens is 1. The molecular formula is C12H12BrN3O. The normalized spacial score (nSPS) is 14.9. The lowest BCUT2D eigenvalue weighted by molar-refractivity contribution is 0.304. The van der Waals surface area contributed by atoms with Gasteiger partial charge in [0.1, 0.15) is 11.6 Å². The van der Waals surface area contributed by atoms with Gasteiger partial charge in [-0.2, -0.15) is 5.10 Å². The van der Waals surface area contributed by atoms with E-state index < -0.39 is 0 Å². The fraction of sp³-hybridized carbons (Fsp3) is 0.250. The molecule has 1 saturated carbocycles. The number of ether oxygens (including phenoxy) is 1. The van der Waals surface area contributed by atoms with E-state index in [0.717, 1.165) is 34.3 Å². The molecule has 1 heterocycles. The molecule has 1 fully saturated rings. The molecule has 3 rings (SSSR count). The number of nitrogens with two attached hydrogens (primary N) is 1. The van der Waals surface area contributed by atoms with Crippen LogP contribution < -0.4 is 10.5 Å². The first kappa shape index (κ1) is 10.7. The summed E-state index contributed by atoms with van der Waals surface area (Å²) in [7, 11) is 0. The van der Waals surface area contributed by atoms with E-state index in [0.29, 0.717) is 11.9 Å². The van der Waals surface area contributed by atoms with E-state index in [1.807, 2.05) is 24.3 Å². The van der Waals surface area contributed by atoms with Crippen LogP contribution in [0.3, 0.4) is 0 Å². The highest BCUT2D eigenvalue weighted by Gasteiger charge is 2.25. The molecule has 1 aromatic heterocycles. The van der Waals surface area contributed by atoms with Crippen molar-refractivity contribution in [2.75, 3.05) is 5.73 Å². The Morgan fingerprint density at radius 3 is 2.82 bits per heavy atom. The summed E-state index contributed by atoms with van der Waals surface area (Å²) in [5.41, 5.74) is 7.48. The van der Waals surface area contributed by atoms with Crippen LogP contribution in [-0.2, 0) is 0 Å². The summed E-state index contributed by atoms with van der Waals surface area (Å²) in [6, 6.07) is 7.75. The quantitative estimate of drug-likeness (QED) is 0.914. The van der Waals surface area contributed by atoms with Gasteiger partial charge in [0.15, 0.2) is 0 Å². The monoisotopic (exact) mass is 293 g/mol. The SMILES string of the molecule is Nc1cc(-c2cc(Br)ccc2OC2CC2)[nH]n1. The van der Waals surface area contributed by atoms with Crippen molar-refractivity contribution in [2.24, 2.45) is 0 Å². The minimum atomic E-state index is 0.371. The number of aromatic nitrogens is 2. The summed E-state index contributed by atoms with van der Waals surface area (Å²) < 4.78 is 6.87. The molecule has 1 aliphatic rings. The van der Waals surface area contributed by atoms with E-state index >= 15 is 0 Å². The molecular weight excluding hydrogens is 282 g/mol. The average molecular weight is 294 g/mol. The summed E-state index contributed by atoms with van der Waals surface area (Å²) in [5.74, 6) is 1.36. The molecule has 4 nitrogen and oxygen atoms in total. The van der Waals surface area contributed by atoms with Gasteiger partial charge in [-0.3, -0.25) is 5.10 Å². The number of nitrogens with zero attached hydrogens (tertiary/aromatic N) is 1. The molecule has 0 unspecified atom stereocenters. The van der Waals surface area contributed by atoms with Crippen molar-refractivity contribution in [3.05, 3.63) is 28.7 Å². The van der Waals surface area contributed by atoms with Crippen molar-refractivity contribution in [1.82, 2.24) is 10.2 Å². The van der Waals surface area contributed by atoms with E-state index in [4.69, 9.17) is 10.5 Å². The predicted molar refractivity (Wildman–Crippen MR) is 69.8 cm³/mol. The minimum absolute atomic E-state index is 0.371. The Balaban J connectivity index is 2.02. The van der Waals surface area contributed by atoms with Crippen LogP contribution >= 0.6 is 15.9 Å². The van der Waals surface area contributed by atoms with Gasteiger partial charge in [0.2, 0.25) is 0 Å². The van der Waals surface area contributed by atoms with E-state index in [2.05, 4.69) is 26.1 Å². The molecule has 88 valence electrons. The number of anilines is 1. The van der Waals surface area contributed by atoms with E-state index in [-0.39, 0.29) is 0 Å². The Kier molecular flexibility index (Phi) is 2.55. The molecule has 2 aromatic rings. The third kappa shape index (κ3) is 2.29. The van der Waals surface area contributed by atoms with Gasteiger partial charge in [-0.1, -0.05) is 15.9 Å². The standard InChI is InChI=1S/C12H12BrN3O/c13-7-1-4-11(17-8-2-3-8)9(5-7)10-6-12(14)16-15-10/h1,4-6,8H,2-3H2,(H3,14,15,16). The van der Waals surface area contributed by atoms with Crippen LogP contribution in [0.5, 0.6) is 5.75 Å². The van der Waals surface area contributed by atoms with Crippen LogP contribution in [0, 0.1) is 0 Å². The number of rotatable bonds is 3. The Bertz CT molecular complexity index is 548. The van der Waals surface area contributed by atoms with Crippen LogP contribution in [0.15, 0.2) is 28.7 Å². The van der Waals surface area contributed by atoms with Gasteiger partial charge in [0, 0.05) is 16.1 Å². The molecule has 0 amide bonds. The molecule has 5 heteroatoms. The number of benzene rings is 1. The number of halogens is 1. The predicted octanol–water partition coefficient (Wildman–Crippen LogP) is 2.96. The van der Waals surface area contributed by atoms with Gasteiger partial charge in [-0.25, -0.2) is 0 Å². The number of hydrogen-bond acceptors (Lipinski definition) is 3.